The van der Waals surface area contributed by atoms with Gasteiger partial charge in [-0.3, -0.25) is 9.36 Å². The van der Waals surface area contributed by atoms with Crippen molar-refractivity contribution in [3.8, 4) is 0 Å². The highest BCUT2D eigenvalue weighted by Crippen LogP contribution is 2.34. The summed E-state index contributed by atoms with van der Waals surface area (Å²) in [6.45, 7) is 8.36. The highest BCUT2D eigenvalue weighted by Gasteiger charge is 2.22. The number of thiophene rings is 1. The molecule has 2 aromatic heterocycles. The van der Waals surface area contributed by atoms with Crippen LogP contribution >= 0.6 is 11.3 Å². The molecule has 0 unspecified atom stereocenters. The lowest BCUT2D eigenvalue weighted by molar-refractivity contribution is 0.580. The van der Waals surface area contributed by atoms with Gasteiger partial charge in [0.25, 0.3) is 5.56 Å². The lowest BCUT2D eigenvalue weighted by Crippen LogP contribution is -2.27. The molecule has 0 radical (unpaired) electrons. The third kappa shape index (κ3) is 2.39. The van der Waals surface area contributed by atoms with Gasteiger partial charge in [-0.15, -0.1) is 17.9 Å². The second-order valence-electron chi connectivity index (χ2n) is 5.76. The Morgan fingerprint density at radius 1 is 1.43 bits per heavy atom. The van der Waals surface area contributed by atoms with E-state index in [1.54, 1.807) is 22.0 Å². The Kier molecular flexibility index (Phi) is 3.85. The van der Waals surface area contributed by atoms with Gasteiger partial charge in [-0.2, -0.15) is 0 Å². The number of aromatic nitrogens is 2. The molecule has 21 heavy (non-hydrogen) atoms. The number of aryl methyl sites for hydroxylation is 2. The summed E-state index contributed by atoms with van der Waals surface area (Å²) in [7, 11) is 0. The van der Waals surface area contributed by atoms with E-state index in [0.29, 0.717) is 12.5 Å². The van der Waals surface area contributed by atoms with E-state index in [1.807, 2.05) is 13.8 Å². The third-order valence-electron chi connectivity index (χ3n) is 3.94. The Labute approximate surface area is 128 Å². The third-order valence-corrected chi connectivity index (χ3v) is 5.13. The van der Waals surface area contributed by atoms with Gasteiger partial charge in [-0.1, -0.05) is 6.08 Å². The number of nitrogens with one attached hydrogen (secondary N) is 1. The summed E-state index contributed by atoms with van der Waals surface area (Å²) in [4.78, 5) is 19.9. The Hall–Kier alpha value is -1.62. The van der Waals surface area contributed by atoms with Crippen molar-refractivity contribution in [1.29, 1.82) is 0 Å². The summed E-state index contributed by atoms with van der Waals surface area (Å²) in [5.74, 6) is 0.654. The molecule has 1 aliphatic rings. The number of anilines is 1. The van der Waals surface area contributed by atoms with Gasteiger partial charge < -0.3 is 5.32 Å². The minimum Gasteiger partial charge on any atom is -0.352 e. The highest BCUT2D eigenvalue weighted by molar-refractivity contribution is 7.18. The van der Waals surface area contributed by atoms with E-state index in [0.717, 1.165) is 23.1 Å². The van der Waals surface area contributed by atoms with Gasteiger partial charge in [0.1, 0.15) is 4.83 Å². The fourth-order valence-corrected chi connectivity index (χ4v) is 4.24. The van der Waals surface area contributed by atoms with Crippen LogP contribution in [0.3, 0.4) is 0 Å². The summed E-state index contributed by atoms with van der Waals surface area (Å²) >= 11 is 1.69. The zero-order valence-corrected chi connectivity index (χ0v) is 13.4. The molecule has 5 heteroatoms. The number of fused-ring (bicyclic) bond motifs is 3. The first kappa shape index (κ1) is 14.3. The van der Waals surface area contributed by atoms with Crippen LogP contribution in [0.25, 0.3) is 10.2 Å². The molecule has 0 amide bonds. The predicted octanol–water partition coefficient (Wildman–Crippen LogP) is 3.52. The fraction of sp³-hybridized carbons (Fsp3) is 0.500. The van der Waals surface area contributed by atoms with Crippen LogP contribution in [0.1, 0.15) is 43.2 Å². The molecule has 0 saturated heterocycles. The molecule has 2 heterocycles. The summed E-state index contributed by atoms with van der Waals surface area (Å²) in [6, 6.07) is 0.0841. The molecule has 3 rings (SSSR count). The van der Waals surface area contributed by atoms with Gasteiger partial charge in [-0.05, 0) is 45.1 Å². The number of hydrogen-bond acceptors (Lipinski definition) is 4. The van der Waals surface area contributed by atoms with Crippen molar-refractivity contribution < 1.29 is 0 Å². The number of rotatable bonds is 4. The first-order chi connectivity index (χ1) is 10.1. The maximum absolute atomic E-state index is 13.0. The Bertz CT molecular complexity index is 742. The SMILES string of the molecule is C=CCNc1nc2sc3c(c2c(=O)n1C(C)C)CCCC3. The van der Waals surface area contributed by atoms with E-state index in [2.05, 4.69) is 11.9 Å². The molecule has 1 N–H and O–H groups in total. The zero-order valence-electron chi connectivity index (χ0n) is 12.6. The standard InChI is InChI=1S/C16H21N3OS/c1-4-9-17-16-18-14-13(15(20)19(16)10(2)3)11-7-5-6-8-12(11)21-14/h4,10H,1,5-9H2,2-3H3,(H,17,18). The maximum Gasteiger partial charge on any atom is 0.264 e. The van der Waals surface area contributed by atoms with Gasteiger partial charge in [-0.25, -0.2) is 4.98 Å². The average Bonchev–Trinajstić information content (AvgIpc) is 2.83. The van der Waals surface area contributed by atoms with Gasteiger partial charge in [0, 0.05) is 17.5 Å². The van der Waals surface area contributed by atoms with E-state index in [1.165, 1.54) is 23.3 Å². The molecule has 2 aromatic rings. The van der Waals surface area contributed by atoms with Gasteiger partial charge in [0.15, 0.2) is 0 Å². The van der Waals surface area contributed by atoms with Crippen LogP contribution in [0.2, 0.25) is 0 Å². The molecular weight excluding hydrogens is 282 g/mol. The Balaban J connectivity index is 2.26. The van der Waals surface area contributed by atoms with Crippen molar-refractivity contribution in [3.05, 3.63) is 33.4 Å². The lowest BCUT2D eigenvalue weighted by Gasteiger charge is -2.16. The molecule has 1 aliphatic carbocycles. The van der Waals surface area contributed by atoms with Crippen LogP contribution in [0, 0.1) is 0 Å². The minimum absolute atomic E-state index is 0.0841. The summed E-state index contributed by atoms with van der Waals surface area (Å²) in [5.41, 5.74) is 1.35. The first-order valence-corrected chi connectivity index (χ1v) is 8.36. The second-order valence-corrected chi connectivity index (χ2v) is 6.85. The smallest absolute Gasteiger partial charge is 0.264 e. The lowest BCUT2D eigenvalue weighted by atomic mass is 9.97. The quantitative estimate of drug-likeness (QED) is 0.879. The zero-order chi connectivity index (χ0) is 15.0. The largest absolute Gasteiger partial charge is 0.352 e. The van der Waals surface area contributed by atoms with Crippen LogP contribution in [0.5, 0.6) is 0 Å². The number of nitrogens with zero attached hydrogens (tertiary/aromatic N) is 2. The van der Waals surface area contributed by atoms with Crippen molar-refractivity contribution in [3.63, 3.8) is 0 Å². The van der Waals surface area contributed by atoms with Crippen LogP contribution in [-0.2, 0) is 12.8 Å². The van der Waals surface area contributed by atoms with E-state index < -0.39 is 0 Å². The van der Waals surface area contributed by atoms with Crippen molar-refractivity contribution in [2.24, 2.45) is 0 Å². The molecule has 0 aromatic carbocycles. The summed E-state index contributed by atoms with van der Waals surface area (Å²) in [6.07, 6.45) is 6.29. The predicted molar refractivity (Wildman–Crippen MR) is 89.6 cm³/mol. The summed E-state index contributed by atoms with van der Waals surface area (Å²) in [5, 5.41) is 4.05. The van der Waals surface area contributed by atoms with Crippen LogP contribution in [0.4, 0.5) is 5.95 Å². The molecule has 4 nitrogen and oxygen atoms in total. The van der Waals surface area contributed by atoms with Crippen LogP contribution in [-0.4, -0.2) is 16.1 Å². The van der Waals surface area contributed by atoms with E-state index >= 15 is 0 Å². The normalized spacial score (nSPS) is 14.4. The molecular formula is C16H21N3OS. The molecule has 0 saturated carbocycles. The van der Waals surface area contributed by atoms with E-state index in [9.17, 15) is 4.79 Å². The molecule has 0 bridgehead atoms. The highest BCUT2D eigenvalue weighted by atomic mass is 32.1. The van der Waals surface area contributed by atoms with Gasteiger partial charge >= 0.3 is 0 Å². The van der Waals surface area contributed by atoms with Crippen LogP contribution < -0.4 is 10.9 Å². The maximum atomic E-state index is 13.0. The minimum atomic E-state index is 0.0841. The van der Waals surface area contributed by atoms with Gasteiger partial charge in [0.2, 0.25) is 5.95 Å². The van der Waals surface area contributed by atoms with E-state index in [-0.39, 0.29) is 11.6 Å². The fourth-order valence-electron chi connectivity index (χ4n) is 2.98. The monoisotopic (exact) mass is 303 g/mol. The van der Waals surface area contributed by atoms with E-state index in [4.69, 9.17) is 4.98 Å². The molecule has 0 fully saturated rings. The second kappa shape index (κ2) is 5.64. The molecule has 0 spiro atoms. The summed E-state index contributed by atoms with van der Waals surface area (Å²) < 4.78 is 1.77. The first-order valence-electron chi connectivity index (χ1n) is 7.55. The molecule has 0 aliphatic heterocycles. The van der Waals surface area contributed by atoms with Gasteiger partial charge in [0.05, 0.1) is 5.39 Å². The Morgan fingerprint density at radius 3 is 2.90 bits per heavy atom. The number of hydrogen-bond donors (Lipinski definition) is 1. The molecule has 0 atom stereocenters. The average molecular weight is 303 g/mol. The van der Waals surface area contributed by atoms with Crippen molar-refractivity contribution in [1.82, 2.24) is 9.55 Å². The van der Waals surface area contributed by atoms with Crippen molar-refractivity contribution >= 4 is 27.5 Å². The topological polar surface area (TPSA) is 46.9 Å². The molecule has 112 valence electrons. The van der Waals surface area contributed by atoms with Crippen molar-refractivity contribution in [2.45, 2.75) is 45.6 Å². The van der Waals surface area contributed by atoms with Crippen LogP contribution in [0.15, 0.2) is 17.4 Å². The Morgan fingerprint density at radius 2 is 2.19 bits per heavy atom. The van der Waals surface area contributed by atoms with Crippen molar-refractivity contribution in [2.75, 3.05) is 11.9 Å².